The second-order valence-electron chi connectivity index (χ2n) is 8.56. The van der Waals surface area contributed by atoms with E-state index in [-0.39, 0.29) is 36.1 Å². The molecule has 0 unspecified atom stereocenters. The SMILES string of the molecule is CC(C)Oc1ccc(S(=O)(=O)N2C[C@H](n3nc(CC(=O)O)c4ccc(F)cc43)C[C@@H]2CO)cc1. The van der Waals surface area contributed by atoms with Gasteiger partial charge in [-0.25, -0.2) is 12.8 Å². The number of nitrogens with zero attached hydrogens (tertiary/aromatic N) is 3. The Balaban J connectivity index is 1.67. The van der Waals surface area contributed by atoms with E-state index in [0.717, 1.165) is 0 Å². The molecule has 11 heteroatoms. The van der Waals surface area contributed by atoms with Crippen LogP contribution in [-0.4, -0.2) is 64.0 Å². The highest BCUT2D eigenvalue weighted by Crippen LogP contribution is 2.35. The van der Waals surface area contributed by atoms with Gasteiger partial charge in [-0.3, -0.25) is 9.48 Å². The summed E-state index contributed by atoms with van der Waals surface area (Å²) in [5.74, 6) is -1.05. The summed E-state index contributed by atoms with van der Waals surface area (Å²) in [5, 5.41) is 24.1. The van der Waals surface area contributed by atoms with Gasteiger partial charge in [0, 0.05) is 11.9 Å². The smallest absolute Gasteiger partial charge is 0.309 e. The molecule has 1 aromatic heterocycles. The van der Waals surface area contributed by atoms with Crippen molar-refractivity contribution in [2.24, 2.45) is 0 Å². The Morgan fingerprint density at radius 2 is 1.94 bits per heavy atom. The number of aromatic nitrogens is 2. The molecule has 34 heavy (non-hydrogen) atoms. The minimum absolute atomic E-state index is 0.00237. The zero-order chi connectivity index (χ0) is 24.6. The van der Waals surface area contributed by atoms with Crippen molar-refractivity contribution in [1.82, 2.24) is 14.1 Å². The van der Waals surface area contributed by atoms with Gasteiger partial charge in [-0.15, -0.1) is 0 Å². The van der Waals surface area contributed by atoms with Crippen LogP contribution in [-0.2, 0) is 21.2 Å². The van der Waals surface area contributed by atoms with Crippen LogP contribution in [0.3, 0.4) is 0 Å². The number of carboxylic acid groups (broad SMARTS) is 1. The third kappa shape index (κ3) is 4.63. The van der Waals surface area contributed by atoms with E-state index in [1.807, 2.05) is 13.8 Å². The maximum Gasteiger partial charge on any atom is 0.309 e. The molecule has 0 aliphatic carbocycles. The van der Waals surface area contributed by atoms with Crippen molar-refractivity contribution >= 4 is 26.9 Å². The van der Waals surface area contributed by atoms with E-state index in [9.17, 15) is 27.8 Å². The number of carbonyl (C=O) groups is 1. The summed E-state index contributed by atoms with van der Waals surface area (Å²) < 4.78 is 49.1. The number of benzene rings is 2. The first-order valence-electron chi connectivity index (χ1n) is 10.9. The number of aliphatic hydroxyl groups excluding tert-OH is 1. The number of halogens is 1. The molecule has 4 rings (SSSR count). The lowest BCUT2D eigenvalue weighted by molar-refractivity contribution is -0.136. The number of rotatable bonds is 8. The highest BCUT2D eigenvalue weighted by Gasteiger charge is 2.41. The second-order valence-corrected chi connectivity index (χ2v) is 10.5. The first-order chi connectivity index (χ1) is 16.1. The number of hydrogen-bond donors (Lipinski definition) is 2. The quantitative estimate of drug-likeness (QED) is 0.497. The topological polar surface area (TPSA) is 122 Å². The molecular formula is C23H26FN3O6S. The maximum atomic E-state index is 14.0. The van der Waals surface area contributed by atoms with Gasteiger partial charge in [0.1, 0.15) is 11.6 Å². The van der Waals surface area contributed by atoms with E-state index in [0.29, 0.717) is 16.7 Å². The van der Waals surface area contributed by atoms with E-state index in [1.54, 1.807) is 12.1 Å². The average molecular weight is 492 g/mol. The molecule has 0 spiro atoms. The molecule has 0 saturated carbocycles. The Hall–Kier alpha value is -3.02. The van der Waals surface area contributed by atoms with Crippen molar-refractivity contribution in [1.29, 1.82) is 0 Å². The van der Waals surface area contributed by atoms with Crippen molar-refractivity contribution in [2.45, 2.75) is 49.8 Å². The van der Waals surface area contributed by atoms with E-state index in [2.05, 4.69) is 5.10 Å². The van der Waals surface area contributed by atoms with Gasteiger partial charge in [-0.2, -0.15) is 9.40 Å². The Morgan fingerprint density at radius 3 is 2.56 bits per heavy atom. The summed E-state index contributed by atoms with van der Waals surface area (Å²) >= 11 is 0. The van der Waals surface area contributed by atoms with Gasteiger partial charge in [0.2, 0.25) is 10.0 Å². The van der Waals surface area contributed by atoms with Gasteiger partial charge >= 0.3 is 5.97 Å². The number of aliphatic carboxylic acids is 1. The maximum absolute atomic E-state index is 14.0. The predicted molar refractivity (Wildman–Crippen MR) is 122 cm³/mol. The number of hydrogen-bond acceptors (Lipinski definition) is 6. The zero-order valence-corrected chi connectivity index (χ0v) is 19.6. The normalized spacial score (nSPS) is 19.2. The molecule has 0 amide bonds. The molecular weight excluding hydrogens is 465 g/mol. The van der Waals surface area contributed by atoms with Crippen LogP contribution in [0.2, 0.25) is 0 Å². The van der Waals surface area contributed by atoms with Gasteiger partial charge < -0.3 is 14.9 Å². The molecule has 1 saturated heterocycles. The zero-order valence-electron chi connectivity index (χ0n) is 18.8. The average Bonchev–Trinajstić information content (AvgIpc) is 3.35. The summed E-state index contributed by atoms with van der Waals surface area (Å²) in [5.41, 5.74) is 0.650. The number of carboxylic acids is 1. The summed E-state index contributed by atoms with van der Waals surface area (Å²) in [4.78, 5) is 11.3. The van der Waals surface area contributed by atoms with Crippen LogP contribution in [0.1, 0.15) is 32.0 Å². The Labute approximate surface area is 196 Å². The molecule has 9 nitrogen and oxygen atoms in total. The van der Waals surface area contributed by atoms with Crippen molar-refractivity contribution in [3.8, 4) is 5.75 Å². The van der Waals surface area contributed by atoms with E-state index >= 15 is 0 Å². The van der Waals surface area contributed by atoms with E-state index in [1.165, 1.54) is 39.3 Å². The lowest BCUT2D eigenvalue weighted by Gasteiger charge is -2.22. The summed E-state index contributed by atoms with van der Waals surface area (Å²) in [6, 6.07) is 8.81. The highest BCUT2D eigenvalue weighted by atomic mass is 32.2. The van der Waals surface area contributed by atoms with Crippen molar-refractivity contribution in [2.75, 3.05) is 13.2 Å². The highest BCUT2D eigenvalue weighted by molar-refractivity contribution is 7.89. The fourth-order valence-electron chi connectivity index (χ4n) is 4.33. The molecule has 2 N–H and O–H groups in total. The molecule has 1 fully saturated rings. The first kappa shape index (κ1) is 24.1. The Morgan fingerprint density at radius 1 is 1.24 bits per heavy atom. The number of ether oxygens (including phenoxy) is 1. The Kier molecular flexibility index (Phi) is 6.61. The van der Waals surface area contributed by atoms with Crippen molar-refractivity contribution in [3.05, 3.63) is 54.0 Å². The molecule has 1 aliphatic heterocycles. The lowest BCUT2D eigenvalue weighted by Crippen LogP contribution is -2.37. The van der Waals surface area contributed by atoms with Crippen LogP contribution in [0.4, 0.5) is 4.39 Å². The largest absolute Gasteiger partial charge is 0.491 e. The number of fused-ring (bicyclic) bond motifs is 1. The molecule has 0 radical (unpaired) electrons. The van der Waals surface area contributed by atoms with Crippen LogP contribution in [0, 0.1) is 5.82 Å². The molecule has 2 heterocycles. The van der Waals surface area contributed by atoms with Gasteiger partial charge in [-0.05, 0) is 62.7 Å². The van der Waals surface area contributed by atoms with E-state index < -0.39 is 40.5 Å². The third-order valence-electron chi connectivity index (χ3n) is 5.77. The van der Waals surface area contributed by atoms with Crippen LogP contribution in [0.5, 0.6) is 5.75 Å². The number of sulfonamides is 1. The van der Waals surface area contributed by atoms with Crippen molar-refractivity contribution < 1.29 is 32.6 Å². The predicted octanol–water partition coefficient (Wildman–Crippen LogP) is 2.59. The fraction of sp³-hybridized carbons (Fsp3) is 0.391. The number of aliphatic hydroxyl groups is 1. The van der Waals surface area contributed by atoms with Gasteiger partial charge in [0.25, 0.3) is 0 Å². The molecule has 3 aromatic rings. The van der Waals surface area contributed by atoms with Gasteiger partial charge in [-0.1, -0.05) is 0 Å². The van der Waals surface area contributed by atoms with Gasteiger partial charge in [0.05, 0.1) is 47.3 Å². The third-order valence-corrected chi connectivity index (χ3v) is 7.70. The van der Waals surface area contributed by atoms with Crippen LogP contribution in [0.25, 0.3) is 10.9 Å². The monoisotopic (exact) mass is 491 g/mol. The summed E-state index contributed by atoms with van der Waals surface area (Å²) in [6.45, 7) is 3.33. The standard InChI is InChI=1S/C23H26FN3O6S/c1-14(2)33-18-4-6-19(7-5-18)34(31,32)26-12-16(10-17(26)13-28)27-22-9-15(24)3-8-20(22)21(25-27)11-23(29)30/h3-9,14,16-17,28H,10-13H2,1-2H3,(H,29,30)/t16-,17-/m1/s1. The second kappa shape index (κ2) is 9.32. The fourth-order valence-corrected chi connectivity index (χ4v) is 5.99. The van der Waals surface area contributed by atoms with Crippen molar-refractivity contribution in [3.63, 3.8) is 0 Å². The molecule has 182 valence electrons. The van der Waals surface area contributed by atoms with E-state index in [4.69, 9.17) is 4.74 Å². The van der Waals surface area contributed by atoms with Gasteiger partial charge in [0.15, 0.2) is 0 Å². The summed E-state index contributed by atoms with van der Waals surface area (Å²) in [6.07, 6.45) is -0.164. The first-order valence-corrected chi connectivity index (χ1v) is 12.3. The molecule has 0 bridgehead atoms. The summed E-state index contributed by atoms with van der Waals surface area (Å²) in [7, 11) is -3.95. The minimum Gasteiger partial charge on any atom is -0.491 e. The molecule has 2 aromatic carbocycles. The lowest BCUT2D eigenvalue weighted by atomic mass is 10.1. The van der Waals surface area contributed by atoms with Crippen LogP contribution in [0.15, 0.2) is 47.4 Å². The molecule has 2 atom stereocenters. The molecule has 1 aliphatic rings. The minimum atomic E-state index is -3.95. The Bertz CT molecular complexity index is 1310. The van der Waals surface area contributed by atoms with Crippen LogP contribution >= 0.6 is 0 Å². The van der Waals surface area contributed by atoms with Crippen LogP contribution < -0.4 is 4.74 Å².